The van der Waals surface area contributed by atoms with E-state index in [1.165, 1.54) is 17.1 Å². The molecule has 0 radical (unpaired) electrons. The Hall–Kier alpha value is -4.13. The lowest BCUT2D eigenvalue weighted by Crippen LogP contribution is -2.52. The molecule has 0 aromatic carbocycles. The van der Waals surface area contributed by atoms with Gasteiger partial charge in [-0.3, -0.25) is 18.8 Å². The summed E-state index contributed by atoms with van der Waals surface area (Å²) in [4.78, 5) is 47.7. The number of nitrogens with zero attached hydrogens (tertiary/aromatic N) is 7. The molecule has 5 rings (SSSR count). The van der Waals surface area contributed by atoms with Crippen molar-refractivity contribution in [2.45, 2.75) is 6.92 Å². The average molecular weight is 466 g/mol. The van der Waals surface area contributed by atoms with Crippen molar-refractivity contribution in [2.24, 2.45) is 13.0 Å². The van der Waals surface area contributed by atoms with Crippen molar-refractivity contribution in [2.75, 3.05) is 23.3 Å². The lowest BCUT2D eigenvalue weighted by molar-refractivity contribution is -0.120. The van der Waals surface area contributed by atoms with Crippen LogP contribution in [0, 0.1) is 12.8 Å². The summed E-state index contributed by atoms with van der Waals surface area (Å²) >= 11 is 1.06. The maximum Gasteiger partial charge on any atom is 0.341 e. The third-order valence-corrected chi connectivity index (χ3v) is 6.13. The number of carbonyl (C=O) groups is 2. The van der Waals surface area contributed by atoms with Crippen LogP contribution in [0.5, 0.6) is 0 Å². The van der Waals surface area contributed by atoms with Crippen LogP contribution >= 0.6 is 11.5 Å². The van der Waals surface area contributed by atoms with Crippen molar-refractivity contribution in [3.8, 4) is 5.13 Å². The molecule has 12 nitrogen and oxygen atoms in total. The molecule has 168 valence electrons. The second kappa shape index (κ2) is 7.78. The van der Waals surface area contributed by atoms with Gasteiger partial charge in [-0.15, -0.1) is 0 Å². The number of aryl methyl sites for hydroxylation is 2. The number of carboxylic acid groups (broad SMARTS) is 1. The molecule has 1 aliphatic rings. The summed E-state index contributed by atoms with van der Waals surface area (Å²) in [7, 11) is 1.77. The quantitative estimate of drug-likeness (QED) is 0.440. The van der Waals surface area contributed by atoms with Crippen molar-refractivity contribution < 1.29 is 14.7 Å². The van der Waals surface area contributed by atoms with Crippen molar-refractivity contribution in [1.29, 1.82) is 0 Å². The molecule has 2 N–H and O–H groups in total. The van der Waals surface area contributed by atoms with E-state index in [1.54, 1.807) is 37.0 Å². The minimum absolute atomic E-state index is 0.126. The summed E-state index contributed by atoms with van der Waals surface area (Å²) in [5, 5.41) is 17.0. The number of hydrogen-bond donors (Lipinski definition) is 2. The Balaban J connectivity index is 1.48. The summed E-state index contributed by atoms with van der Waals surface area (Å²) in [6.07, 6.45) is 4.32. The Labute approximate surface area is 190 Å². The van der Waals surface area contributed by atoms with Crippen molar-refractivity contribution in [3.05, 3.63) is 52.2 Å². The van der Waals surface area contributed by atoms with Gasteiger partial charge in [0.2, 0.25) is 16.5 Å². The zero-order valence-electron chi connectivity index (χ0n) is 17.6. The first-order valence-corrected chi connectivity index (χ1v) is 10.7. The van der Waals surface area contributed by atoms with Crippen LogP contribution in [-0.2, 0) is 11.8 Å². The van der Waals surface area contributed by atoms with Crippen molar-refractivity contribution in [3.63, 3.8) is 0 Å². The number of pyridine rings is 2. The van der Waals surface area contributed by atoms with Crippen LogP contribution in [0.25, 0.3) is 16.2 Å². The molecule has 1 aliphatic heterocycles. The van der Waals surface area contributed by atoms with Gasteiger partial charge < -0.3 is 15.3 Å². The zero-order chi connectivity index (χ0) is 23.3. The second-order valence-electron chi connectivity index (χ2n) is 7.73. The second-order valence-corrected chi connectivity index (χ2v) is 8.49. The minimum Gasteiger partial charge on any atom is -0.477 e. The highest BCUT2D eigenvalue weighted by atomic mass is 32.1. The number of aromatic carboxylic acids is 1. The molecule has 1 amide bonds. The van der Waals surface area contributed by atoms with Crippen molar-refractivity contribution in [1.82, 2.24) is 28.7 Å². The van der Waals surface area contributed by atoms with E-state index in [0.29, 0.717) is 35.4 Å². The predicted octanol–water partition coefficient (Wildman–Crippen LogP) is 1.05. The normalized spacial score (nSPS) is 13.8. The van der Waals surface area contributed by atoms with Crippen LogP contribution in [0.4, 0.5) is 11.6 Å². The Kier molecular flexibility index (Phi) is 4.89. The monoisotopic (exact) mass is 466 g/mol. The third kappa shape index (κ3) is 3.61. The maximum absolute atomic E-state index is 12.9. The van der Waals surface area contributed by atoms with E-state index in [-0.39, 0.29) is 28.4 Å². The summed E-state index contributed by atoms with van der Waals surface area (Å²) < 4.78 is 7.05. The molecule has 4 aromatic heterocycles. The molecule has 0 saturated carbocycles. The Morgan fingerprint density at radius 2 is 2.09 bits per heavy atom. The number of aromatic nitrogens is 6. The van der Waals surface area contributed by atoms with Gasteiger partial charge >= 0.3 is 5.97 Å². The Morgan fingerprint density at radius 3 is 2.73 bits per heavy atom. The highest BCUT2D eigenvalue weighted by Crippen LogP contribution is 2.28. The van der Waals surface area contributed by atoms with Gasteiger partial charge in [-0.25, -0.2) is 14.8 Å². The van der Waals surface area contributed by atoms with E-state index in [9.17, 15) is 19.5 Å². The fourth-order valence-corrected chi connectivity index (χ4v) is 4.26. The number of rotatable bonds is 5. The smallest absolute Gasteiger partial charge is 0.341 e. The summed E-state index contributed by atoms with van der Waals surface area (Å²) in [6.45, 7) is 2.63. The van der Waals surface area contributed by atoms with Gasteiger partial charge in [0.05, 0.1) is 11.3 Å². The molecule has 1 fully saturated rings. The van der Waals surface area contributed by atoms with Gasteiger partial charge in [-0.2, -0.15) is 9.47 Å². The standard InChI is InChI=1S/C20H18N8O4S/c1-10-5-14(27-6-11(7-27)18(30)23-13-3-4-26(2)25-13)24-17-15(10)16(29)12(19(31)32)8-28(17)20-21-9-22-33-20/h3-5,8-9,11H,6-7H2,1-2H3,(H,31,32)(H,23,25,30). The van der Waals surface area contributed by atoms with Crippen LogP contribution in [0.1, 0.15) is 15.9 Å². The van der Waals surface area contributed by atoms with Crippen LogP contribution in [0.2, 0.25) is 0 Å². The Morgan fingerprint density at radius 1 is 1.30 bits per heavy atom. The van der Waals surface area contributed by atoms with Gasteiger partial charge in [0.25, 0.3) is 0 Å². The molecule has 1 saturated heterocycles. The Bertz CT molecular complexity index is 1450. The molecule has 0 aliphatic carbocycles. The molecule has 0 bridgehead atoms. The molecule has 13 heteroatoms. The topological polar surface area (TPSA) is 148 Å². The van der Waals surface area contributed by atoms with Gasteiger partial charge in [0.15, 0.2) is 11.5 Å². The SMILES string of the molecule is Cc1cc(N2CC(C(=O)Nc3ccn(C)n3)C2)nc2c1c(=O)c(C(=O)O)cn2-c1ncns1. The van der Waals surface area contributed by atoms with E-state index in [2.05, 4.69) is 24.8 Å². The first-order valence-electron chi connectivity index (χ1n) is 9.94. The van der Waals surface area contributed by atoms with Crippen LogP contribution < -0.4 is 15.6 Å². The fourth-order valence-electron chi connectivity index (χ4n) is 3.75. The van der Waals surface area contributed by atoms with E-state index in [1.807, 2.05) is 4.90 Å². The van der Waals surface area contributed by atoms with Crippen molar-refractivity contribution >= 4 is 46.1 Å². The summed E-state index contributed by atoms with van der Waals surface area (Å²) in [5.74, 6) is -0.601. The van der Waals surface area contributed by atoms with Gasteiger partial charge in [0, 0.05) is 50.1 Å². The van der Waals surface area contributed by atoms with Crippen LogP contribution in [-0.4, -0.2) is 58.8 Å². The molecular weight excluding hydrogens is 448 g/mol. The highest BCUT2D eigenvalue weighted by Gasteiger charge is 2.34. The molecule has 0 unspecified atom stereocenters. The number of hydrogen-bond acceptors (Lipinski definition) is 9. The largest absolute Gasteiger partial charge is 0.477 e. The number of fused-ring (bicyclic) bond motifs is 1. The van der Waals surface area contributed by atoms with Gasteiger partial charge in [-0.1, -0.05) is 0 Å². The number of carbonyl (C=O) groups excluding carboxylic acids is 1. The van der Waals surface area contributed by atoms with Gasteiger partial charge in [-0.05, 0) is 18.6 Å². The number of amides is 1. The van der Waals surface area contributed by atoms with Gasteiger partial charge in [0.1, 0.15) is 17.7 Å². The molecular formula is C20H18N8O4S. The maximum atomic E-state index is 12.9. The minimum atomic E-state index is -1.33. The number of nitrogens with one attached hydrogen (secondary N) is 1. The average Bonchev–Trinajstić information content (AvgIpc) is 3.38. The first-order chi connectivity index (χ1) is 15.8. The van der Waals surface area contributed by atoms with Crippen LogP contribution in [0.3, 0.4) is 0 Å². The fraction of sp³-hybridized carbons (Fsp3) is 0.250. The van der Waals surface area contributed by atoms with Crippen LogP contribution in [0.15, 0.2) is 35.6 Å². The lowest BCUT2D eigenvalue weighted by atomic mass is 9.98. The van der Waals surface area contributed by atoms with E-state index >= 15 is 0 Å². The van der Waals surface area contributed by atoms with E-state index < -0.39 is 11.4 Å². The zero-order valence-corrected chi connectivity index (χ0v) is 18.4. The summed E-state index contributed by atoms with van der Waals surface area (Å²) in [6, 6.07) is 3.45. The lowest BCUT2D eigenvalue weighted by Gasteiger charge is -2.39. The van der Waals surface area contributed by atoms with E-state index in [4.69, 9.17) is 0 Å². The number of carboxylic acids is 1. The predicted molar refractivity (Wildman–Crippen MR) is 120 cm³/mol. The first kappa shape index (κ1) is 20.8. The third-order valence-electron chi connectivity index (χ3n) is 5.47. The molecule has 33 heavy (non-hydrogen) atoms. The molecule has 0 spiro atoms. The summed E-state index contributed by atoms with van der Waals surface area (Å²) in [5.41, 5.74) is -0.0995. The highest BCUT2D eigenvalue weighted by molar-refractivity contribution is 7.08. The molecule has 5 heterocycles. The molecule has 0 atom stereocenters. The van der Waals surface area contributed by atoms with E-state index in [0.717, 1.165) is 11.5 Å². The molecule has 4 aromatic rings. The number of anilines is 2.